The van der Waals surface area contributed by atoms with Crippen LogP contribution in [0.25, 0.3) is 0 Å². The molecule has 3 unspecified atom stereocenters. The molecule has 0 spiro atoms. The highest BCUT2D eigenvalue weighted by Crippen LogP contribution is 2.53. The van der Waals surface area contributed by atoms with Gasteiger partial charge in [-0.05, 0) is 61.7 Å². The SMILES string of the molecule is COc1ccc(C)c(C23CCN(CC(F)(F)F)C(C)C2(O)Cc2cc(C(N)=O)c(=O)[nH]c2C3)c1. The van der Waals surface area contributed by atoms with Gasteiger partial charge in [-0.15, -0.1) is 0 Å². The third-order valence-corrected chi connectivity index (χ3v) is 7.66. The number of likely N-dealkylation sites (tertiary alicyclic amines) is 1. The highest BCUT2D eigenvalue weighted by Gasteiger charge is 2.61. The lowest BCUT2D eigenvalue weighted by Gasteiger charge is -2.60. The summed E-state index contributed by atoms with van der Waals surface area (Å²) in [5.74, 6) is -0.349. The number of methoxy groups -OCH3 is 1. The number of aromatic amines is 1. The largest absolute Gasteiger partial charge is 0.497 e. The number of nitrogens with one attached hydrogen (secondary N) is 1. The molecule has 2 aliphatic rings. The Hall–Kier alpha value is -2.85. The number of alkyl halides is 3. The summed E-state index contributed by atoms with van der Waals surface area (Å²) in [6.45, 7) is 2.44. The van der Waals surface area contributed by atoms with Crippen molar-refractivity contribution in [2.24, 2.45) is 5.73 Å². The van der Waals surface area contributed by atoms with E-state index in [0.717, 1.165) is 11.1 Å². The molecule has 0 bridgehead atoms. The van der Waals surface area contributed by atoms with Gasteiger partial charge in [0.05, 0.1) is 19.3 Å². The van der Waals surface area contributed by atoms with E-state index in [4.69, 9.17) is 10.5 Å². The summed E-state index contributed by atoms with van der Waals surface area (Å²) in [6, 6.07) is 5.93. The van der Waals surface area contributed by atoms with Crippen LogP contribution in [-0.2, 0) is 18.3 Å². The highest BCUT2D eigenvalue weighted by molar-refractivity contribution is 5.92. The number of aliphatic hydroxyl groups is 1. The van der Waals surface area contributed by atoms with E-state index in [1.165, 1.54) is 18.1 Å². The summed E-state index contributed by atoms with van der Waals surface area (Å²) >= 11 is 0. The number of nitrogens with two attached hydrogens (primary N) is 1. The molecule has 0 radical (unpaired) electrons. The number of aromatic nitrogens is 1. The molecule has 10 heteroatoms. The Morgan fingerprint density at radius 2 is 2.03 bits per heavy atom. The van der Waals surface area contributed by atoms with Crippen LogP contribution in [-0.4, -0.2) is 58.9 Å². The van der Waals surface area contributed by atoms with Crippen molar-refractivity contribution in [3.63, 3.8) is 0 Å². The maximum absolute atomic E-state index is 13.3. The van der Waals surface area contributed by atoms with Crippen molar-refractivity contribution in [1.82, 2.24) is 9.88 Å². The first kappa shape index (κ1) is 24.3. The number of pyridine rings is 1. The summed E-state index contributed by atoms with van der Waals surface area (Å²) in [4.78, 5) is 28.2. The number of aryl methyl sites for hydroxylation is 1. The van der Waals surface area contributed by atoms with Crippen LogP contribution >= 0.6 is 0 Å². The second-order valence-electron chi connectivity index (χ2n) is 9.43. The number of rotatable bonds is 4. The number of amides is 1. The van der Waals surface area contributed by atoms with Crippen LogP contribution in [0.3, 0.4) is 0 Å². The quantitative estimate of drug-likeness (QED) is 0.623. The molecular weight excluding hydrogens is 451 g/mol. The summed E-state index contributed by atoms with van der Waals surface area (Å²) in [5, 5.41) is 12.3. The average Bonchev–Trinajstić information content (AvgIpc) is 2.75. The van der Waals surface area contributed by atoms with Crippen molar-refractivity contribution in [3.8, 4) is 5.75 Å². The molecule has 1 amide bonds. The topological polar surface area (TPSA) is 109 Å². The van der Waals surface area contributed by atoms with Crippen LogP contribution in [0.4, 0.5) is 13.2 Å². The van der Waals surface area contributed by atoms with Gasteiger partial charge in [-0.25, -0.2) is 0 Å². The normalized spacial score (nSPS) is 27.1. The number of fused-ring (bicyclic) bond motifs is 2. The Balaban J connectivity index is 1.94. The Morgan fingerprint density at radius 1 is 1.32 bits per heavy atom. The van der Waals surface area contributed by atoms with Gasteiger partial charge in [0.15, 0.2) is 0 Å². The standard InChI is InChI=1S/C24H28F3N3O4/c1-13-4-5-16(34-3)9-18(13)22-6-7-30(12-24(25,26)27)14(2)23(22,33)10-15-8-17(20(28)31)21(32)29-19(15)11-22/h4-5,8-9,14,33H,6-7,10-12H2,1-3H3,(H2,28,31)(H,29,32). The van der Waals surface area contributed by atoms with E-state index in [1.54, 1.807) is 13.0 Å². The Kier molecular flexibility index (Phi) is 5.80. The minimum absolute atomic E-state index is 0.0500. The second-order valence-corrected chi connectivity index (χ2v) is 9.43. The molecule has 1 fully saturated rings. The second kappa shape index (κ2) is 8.13. The molecule has 0 saturated carbocycles. The van der Waals surface area contributed by atoms with Crippen molar-refractivity contribution in [1.29, 1.82) is 0 Å². The molecule has 1 aliphatic heterocycles. The number of primary amides is 1. The van der Waals surface area contributed by atoms with Crippen LogP contribution in [0.2, 0.25) is 0 Å². The number of carbonyl (C=O) groups is 1. The maximum Gasteiger partial charge on any atom is 0.401 e. The van der Waals surface area contributed by atoms with Gasteiger partial charge in [0.25, 0.3) is 11.5 Å². The molecule has 34 heavy (non-hydrogen) atoms. The van der Waals surface area contributed by atoms with Crippen LogP contribution < -0.4 is 16.0 Å². The number of benzene rings is 1. The number of nitrogens with zero attached hydrogens (tertiary/aromatic N) is 1. The van der Waals surface area contributed by atoms with Crippen molar-refractivity contribution in [3.05, 3.63) is 62.6 Å². The number of halogens is 3. The number of carbonyl (C=O) groups excluding carboxylic acids is 1. The van der Waals surface area contributed by atoms with Crippen LogP contribution in [0.15, 0.2) is 29.1 Å². The van der Waals surface area contributed by atoms with Gasteiger partial charge in [-0.3, -0.25) is 14.5 Å². The van der Waals surface area contributed by atoms with Gasteiger partial charge in [0.2, 0.25) is 0 Å². The monoisotopic (exact) mass is 479 g/mol. The Morgan fingerprint density at radius 3 is 2.65 bits per heavy atom. The van der Waals surface area contributed by atoms with Gasteiger partial charge in [-0.2, -0.15) is 13.2 Å². The zero-order chi connectivity index (χ0) is 25.1. The first-order valence-electron chi connectivity index (χ1n) is 11.0. The molecule has 1 aliphatic carbocycles. The third kappa shape index (κ3) is 3.78. The molecule has 3 atom stereocenters. The fourth-order valence-electron chi connectivity index (χ4n) is 5.86. The van der Waals surface area contributed by atoms with Gasteiger partial charge in [-0.1, -0.05) is 6.07 Å². The van der Waals surface area contributed by atoms with E-state index >= 15 is 0 Å². The van der Waals surface area contributed by atoms with E-state index in [9.17, 15) is 27.9 Å². The lowest BCUT2D eigenvalue weighted by molar-refractivity contribution is -0.190. The summed E-state index contributed by atoms with van der Waals surface area (Å²) in [5.41, 5.74) is 4.49. The van der Waals surface area contributed by atoms with Crippen molar-refractivity contribution in [2.45, 2.75) is 56.3 Å². The lowest BCUT2D eigenvalue weighted by atomic mass is 9.53. The molecule has 2 heterocycles. The fraction of sp³-hybridized carbons (Fsp3) is 0.500. The van der Waals surface area contributed by atoms with E-state index in [-0.39, 0.29) is 31.4 Å². The number of H-pyrrole nitrogens is 1. The first-order valence-corrected chi connectivity index (χ1v) is 11.0. The smallest absolute Gasteiger partial charge is 0.401 e. The van der Waals surface area contributed by atoms with Crippen molar-refractivity contribution in [2.75, 3.05) is 20.2 Å². The van der Waals surface area contributed by atoms with Crippen molar-refractivity contribution >= 4 is 5.91 Å². The van der Waals surface area contributed by atoms with Crippen LogP contribution in [0, 0.1) is 6.92 Å². The van der Waals surface area contributed by atoms with E-state index in [0.29, 0.717) is 17.0 Å². The summed E-state index contributed by atoms with van der Waals surface area (Å²) in [6.07, 6.45) is -4.05. The van der Waals surface area contributed by atoms with Gasteiger partial charge in [0.1, 0.15) is 11.3 Å². The third-order valence-electron chi connectivity index (χ3n) is 7.66. The molecule has 1 aromatic carbocycles. The average molecular weight is 479 g/mol. The summed E-state index contributed by atoms with van der Waals surface area (Å²) < 4.78 is 45.4. The molecule has 184 valence electrons. The van der Waals surface area contributed by atoms with Crippen LogP contribution in [0.1, 0.15) is 46.1 Å². The predicted molar refractivity (Wildman–Crippen MR) is 119 cm³/mol. The van der Waals surface area contributed by atoms with Crippen LogP contribution in [0.5, 0.6) is 5.75 Å². The van der Waals surface area contributed by atoms with Crippen molar-refractivity contribution < 1.29 is 27.8 Å². The Bertz CT molecular complexity index is 1190. The molecule has 1 saturated heterocycles. The number of piperidine rings is 1. The first-order chi connectivity index (χ1) is 15.8. The number of ether oxygens (including phenoxy) is 1. The minimum atomic E-state index is -4.42. The highest BCUT2D eigenvalue weighted by atomic mass is 19.4. The number of hydrogen-bond acceptors (Lipinski definition) is 5. The lowest BCUT2D eigenvalue weighted by Crippen LogP contribution is -2.71. The molecule has 4 rings (SSSR count). The van der Waals surface area contributed by atoms with Gasteiger partial charge >= 0.3 is 6.18 Å². The molecule has 7 nitrogen and oxygen atoms in total. The van der Waals surface area contributed by atoms with Gasteiger partial charge < -0.3 is 20.6 Å². The van der Waals surface area contributed by atoms with E-state index in [2.05, 4.69) is 4.98 Å². The fourth-order valence-corrected chi connectivity index (χ4v) is 5.86. The Labute approximate surface area is 194 Å². The maximum atomic E-state index is 13.3. The van der Waals surface area contributed by atoms with E-state index in [1.807, 2.05) is 19.1 Å². The van der Waals surface area contributed by atoms with Gasteiger partial charge in [0, 0.05) is 30.0 Å². The zero-order valence-corrected chi connectivity index (χ0v) is 19.3. The molecule has 2 aromatic rings. The molecular formula is C24H28F3N3O4. The minimum Gasteiger partial charge on any atom is -0.497 e. The molecule has 1 aromatic heterocycles. The van der Waals surface area contributed by atoms with E-state index < -0.39 is 41.2 Å². The predicted octanol–water partition coefficient (Wildman–Crippen LogP) is 2.22. The summed E-state index contributed by atoms with van der Waals surface area (Å²) in [7, 11) is 1.52. The molecule has 4 N–H and O–H groups in total. The zero-order valence-electron chi connectivity index (χ0n) is 19.3. The number of hydrogen-bond donors (Lipinski definition) is 3.